The highest BCUT2D eigenvalue weighted by atomic mass is 19.4. The molecule has 2 aromatic rings. The van der Waals surface area contributed by atoms with Gasteiger partial charge in [-0.1, -0.05) is 12.1 Å². The number of carbonyl (C=O) groups is 1. The number of halogens is 3. The Bertz CT molecular complexity index is 817. The van der Waals surface area contributed by atoms with Crippen LogP contribution in [-0.4, -0.2) is 53.0 Å². The molecule has 3 rings (SSSR count). The Morgan fingerprint density at radius 2 is 2.14 bits per heavy atom. The molecule has 2 heterocycles. The van der Waals surface area contributed by atoms with Gasteiger partial charge in [-0.25, -0.2) is 0 Å². The molecule has 0 saturated carbocycles. The third-order valence-electron chi connectivity index (χ3n) is 4.85. The summed E-state index contributed by atoms with van der Waals surface area (Å²) >= 11 is 0. The Hall–Kier alpha value is -2.65. The molecule has 1 fully saturated rings. The summed E-state index contributed by atoms with van der Waals surface area (Å²) in [4.78, 5) is 18.4. The fraction of sp³-hybridized carbons (Fsp3) is 0.400. The fourth-order valence-electron chi connectivity index (χ4n) is 3.44. The number of aromatic nitrogens is 1. The summed E-state index contributed by atoms with van der Waals surface area (Å²) < 4.78 is 41.3. The van der Waals surface area contributed by atoms with Crippen molar-refractivity contribution in [3.8, 4) is 5.75 Å². The number of piperidine rings is 1. The molecule has 0 bridgehead atoms. The lowest BCUT2D eigenvalue weighted by Gasteiger charge is -2.38. The van der Waals surface area contributed by atoms with E-state index in [1.807, 2.05) is 4.90 Å². The van der Waals surface area contributed by atoms with Crippen molar-refractivity contribution >= 4 is 5.91 Å². The van der Waals surface area contributed by atoms with Gasteiger partial charge in [0.2, 0.25) is 0 Å². The highest BCUT2D eigenvalue weighted by molar-refractivity contribution is 5.94. The number of hydrogen-bond acceptors (Lipinski definition) is 5. The number of rotatable bonds is 6. The second-order valence-electron chi connectivity index (χ2n) is 6.98. The van der Waals surface area contributed by atoms with Gasteiger partial charge in [0.05, 0.1) is 5.56 Å². The highest BCUT2D eigenvalue weighted by Crippen LogP contribution is 2.25. The molecule has 1 aliphatic rings. The molecular weight excluding hydrogens is 387 g/mol. The zero-order valence-electron chi connectivity index (χ0n) is 15.6. The van der Waals surface area contributed by atoms with E-state index in [-0.39, 0.29) is 30.2 Å². The number of carbonyl (C=O) groups excluding carboxylic acids is 1. The van der Waals surface area contributed by atoms with E-state index in [0.717, 1.165) is 0 Å². The maximum Gasteiger partial charge on any atom is 0.573 e. The first kappa shape index (κ1) is 21.1. The average Bonchev–Trinajstić information content (AvgIpc) is 2.68. The molecule has 0 radical (unpaired) electrons. The molecule has 9 heteroatoms. The monoisotopic (exact) mass is 409 g/mol. The average molecular weight is 409 g/mol. The Morgan fingerprint density at radius 3 is 2.83 bits per heavy atom. The lowest BCUT2D eigenvalue weighted by molar-refractivity contribution is -0.274. The topological polar surface area (TPSA) is 74.7 Å². The van der Waals surface area contributed by atoms with Crippen LogP contribution in [0.15, 0.2) is 48.8 Å². The number of benzene rings is 1. The van der Waals surface area contributed by atoms with E-state index >= 15 is 0 Å². The minimum Gasteiger partial charge on any atom is -0.406 e. The summed E-state index contributed by atoms with van der Waals surface area (Å²) in [5.74, 6) is -0.627. The Morgan fingerprint density at radius 1 is 1.31 bits per heavy atom. The van der Waals surface area contributed by atoms with E-state index < -0.39 is 6.36 Å². The predicted molar refractivity (Wildman–Crippen MR) is 99.1 cm³/mol. The number of aliphatic hydroxyl groups is 1. The number of aliphatic hydroxyl groups excluding tert-OH is 1. The van der Waals surface area contributed by atoms with Gasteiger partial charge in [-0.15, -0.1) is 13.2 Å². The number of likely N-dealkylation sites (tertiary alicyclic amines) is 1. The van der Waals surface area contributed by atoms with Crippen molar-refractivity contribution in [2.75, 3.05) is 19.7 Å². The second-order valence-corrected chi connectivity index (χ2v) is 6.98. The molecule has 2 atom stereocenters. The first-order valence-electron chi connectivity index (χ1n) is 9.23. The van der Waals surface area contributed by atoms with Gasteiger partial charge in [-0.05, 0) is 42.8 Å². The predicted octanol–water partition coefficient (Wildman–Crippen LogP) is 2.59. The first-order valence-corrected chi connectivity index (χ1v) is 9.23. The maximum absolute atomic E-state index is 12.4. The van der Waals surface area contributed by atoms with Crippen LogP contribution in [0.1, 0.15) is 22.3 Å². The molecule has 1 aliphatic heterocycles. The molecule has 0 unspecified atom stereocenters. The second kappa shape index (κ2) is 9.23. The van der Waals surface area contributed by atoms with Crippen LogP contribution in [0.25, 0.3) is 0 Å². The van der Waals surface area contributed by atoms with Crippen molar-refractivity contribution in [1.29, 1.82) is 0 Å². The van der Waals surface area contributed by atoms with E-state index in [1.54, 1.807) is 24.4 Å². The van der Waals surface area contributed by atoms with Gasteiger partial charge in [-0.3, -0.25) is 14.7 Å². The number of nitrogens with zero attached hydrogens (tertiary/aromatic N) is 2. The summed E-state index contributed by atoms with van der Waals surface area (Å²) in [6.07, 6.45) is -1.03. The van der Waals surface area contributed by atoms with Crippen molar-refractivity contribution in [3.05, 3.63) is 59.9 Å². The number of amides is 1. The molecule has 0 spiro atoms. The van der Waals surface area contributed by atoms with Crippen molar-refractivity contribution < 1.29 is 27.8 Å². The Kier molecular flexibility index (Phi) is 6.71. The van der Waals surface area contributed by atoms with Gasteiger partial charge in [0.15, 0.2) is 0 Å². The SMILES string of the molecule is O=C(N[C@@H]1CN(Cc2cccc(OC(F)(F)F)c2)CC[C@@H]1CO)c1cccnc1. The van der Waals surface area contributed by atoms with Crippen molar-refractivity contribution in [2.45, 2.75) is 25.4 Å². The quantitative estimate of drug-likeness (QED) is 0.767. The zero-order chi connectivity index (χ0) is 20.9. The first-order chi connectivity index (χ1) is 13.8. The molecule has 29 heavy (non-hydrogen) atoms. The van der Waals surface area contributed by atoms with Gasteiger partial charge < -0.3 is 15.2 Å². The van der Waals surface area contributed by atoms with E-state index in [4.69, 9.17) is 0 Å². The molecule has 1 aromatic heterocycles. The van der Waals surface area contributed by atoms with Crippen molar-refractivity contribution in [2.24, 2.45) is 5.92 Å². The minimum atomic E-state index is -4.74. The number of hydrogen-bond donors (Lipinski definition) is 2. The summed E-state index contributed by atoms with van der Waals surface area (Å²) in [7, 11) is 0. The van der Waals surface area contributed by atoms with Crippen LogP contribution in [-0.2, 0) is 6.54 Å². The summed E-state index contributed by atoms with van der Waals surface area (Å²) in [6, 6.07) is 8.89. The third kappa shape index (κ3) is 6.16. The normalized spacial score (nSPS) is 20.3. The molecular formula is C20H22F3N3O3. The molecule has 0 aliphatic carbocycles. The van der Waals surface area contributed by atoms with Crippen LogP contribution in [0, 0.1) is 5.92 Å². The largest absolute Gasteiger partial charge is 0.573 e. The van der Waals surface area contributed by atoms with Crippen molar-refractivity contribution in [1.82, 2.24) is 15.2 Å². The standard InChI is InChI=1S/C20H22F3N3O3/c21-20(22,23)29-17-5-1-3-14(9-17)11-26-8-6-16(13-27)18(12-26)25-19(28)15-4-2-7-24-10-15/h1-5,7,9-10,16,18,27H,6,8,11-13H2,(H,25,28)/t16-,18-/m1/s1. The minimum absolute atomic E-state index is 0.0548. The number of alkyl halides is 3. The molecule has 1 amide bonds. The van der Waals surface area contributed by atoms with E-state index in [9.17, 15) is 23.1 Å². The zero-order valence-corrected chi connectivity index (χ0v) is 15.6. The number of ether oxygens (including phenoxy) is 1. The van der Waals surface area contributed by atoms with Crippen LogP contribution < -0.4 is 10.1 Å². The van der Waals surface area contributed by atoms with Crippen LogP contribution in [0.3, 0.4) is 0 Å². The molecule has 1 aromatic carbocycles. The third-order valence-corrected chi connectivity index (χ3v) is 4.85. The van der Waals surface area contributed by atoms with Crippen LogP contribution in [0.2, 0.25) is 0 Å². The molecule has 1 saturated heterocycles. The Balaban J connectivity index is 1.64. The van der Waals surface area contributed by atoms with Crippen LogP contribution >= 0.6 is 0 Å². The fourth-order valence-corrected chi connectivity index (χ4v) is 3.44. The lowest BCUT2D eigenvalue weighted by atomic mass is 9.91. The summed E-state index contributed by atoms with van der Waals surface area (Å²) in [5, 5.41) is 12.6. The lowest BCUT2D eigenvalue weighted by Crippen LogP contribution is -2.53. The summed E-state index contributed by atoms with van der Waals surface area (Å²) in [5.41, 5.74) is 1.10. The van der Waals surface area contributed by atoms with E-state index in [1.165, 1.54) is 24.4 Å². The molecule has 6 nitrogen and oxygen atoms in total. The van der Waals surface area contributed by atoms with Gasteiger partial charge >= 0.3 is 6.36 Å². The highest BCUT2D eigenvalue weighted by Gasteiger charge is 2.32. The summed E-state index contributed by atoms with van der Waals surface area (Å²) in [6.45, 7) is 1.49. The smallest absolute Gasteiger partial charge is 0.406 e. The van der Waals surface area contributed by atoms with Gasteiger partial charge in [0.25, 0.3) is 5.91 Å². The molecule has 156 valence electrons. The van der Waals surface area contributed by atoms with Gasteiger partial charge in [0.1, 0.15) is 5.75 Å². The maximum atomic E-state index is 12.4. The van der Waals surface area contributed by atoms with Gasteiger partial charge in [0, 0.05) is 44.0 Å². The van der Waals surface area contributed by atoms with E-state index in [0.29, 0.717) is 37.2 Å². The van der Waals surface area contributed by atoms with Crippen LogP contribution in [0.5, 0.6) is 5.75 Å². The van der Waals surface area contributed by atoms with Gasteiger partial charge in [-0.2, -0.15) is 0 Å². The Labute approximate surface area is 166 Å². The molecule has 2 N–H and O–H groups in total. The van der Waals surface area contributed by atoms with Crippen LogP contribution in [0.4, 0.5) is 13.2 Å². The van der Waals surface area contributed by atoms with Crippen molar-refractivity contribution in [3.63, 3.8) is 0 Å². The number of pyridine rings is 1. The number of nitrogens with one attached hydrogen (secondary N) is 1. The van der Waals surface area contributed by atoms with E-state index in [2.05, 4.69) is 15.0 Å².